The van der Waals surface area contributed by atoms with E-state index in [-0.39, 0.29) is 11.8 Å². The quantitative estimate of drug-likeness (QED) is 0.550. The number of likely N-dealkylation sites (tertiary alicyclic amines) is 1. The lowest BCUT2D eigenvalue weighted by atomic mass is 10.1. The van der Waals surface area contributed by atoms with E-state index < -0.39 is 12.1 Å². The second-order valence-electron chi connectivity index (χ2n) is 8.09. The molecule has 2 aliphatic rings. The smallest absolute Gasteiger partial charge is 0.320 e. The van der Waals surface area contributed by atoms with Crippen molar-refractivity contribution < 1.29 is 14.6 Å². The third-order valence-electron chi connectivity index (χ3n) is 5.63. The Morgan fingerprint density at radius 2 is 1.97 bits per heavy atom. The van der Waals surface area contributed by atoms with Gasteiger partial charge in [0.2, 0.25) is 6.23 Å². The zero-order valence-electron chi connectivity index (χ0n) is 17.9. The Balaban J connectivity index is 1.58. The summed E-state index contributed by atoms with van der Waals surface area (Å²) < 4.78 is 5.62. The van der Waals surface area contributed by atoms with Crippen LogP contribution in [0.4, 0.5) is 17.3 Å². The minimum atomic E-state index is -1.38. The van der Waals surface area contributed by atoms with E-state index in [9.17, 15) is 9.90 Å². The van der Waals surface area contributed by atoms with Gasteiger partial charge in [0.15, 0.2) is 11.6 Å². The summed E-state index contributed by atoms with van der Waals surface area (Å²) in [6.45, 7) is 6.00. The number of aromatic nitrogens is 2. The van der Waals surface area contributed by atoms with Gasteiger partial charge in [0, 0.05) is 13.1 Å². The SMILES string of the molecule is CCCCOc1nc(N)c2c(n1)N(Cc1cccc(CN3CCCC3)c1)C(O)C(=O)N2. The lowest BCUT2D eigenvalue weighted by Crippen LogP contribution is -2.48. The van der Waals surface area contributed by atoms with Crippen LogP contribution in [0.2, 0.25) is 0 Å². The normalized spacial score (nSPS) is 18.7. The van der Waals surface area contributed by atoms with E-state index in [4.69, 9.17) is 10.5 Å². The highest BCUT2D eigenvalue weighted by molar-refractivity contribution is 6.04. The van der Waals surface area contributed by atoms with Crippen molar-refractivity contribution in [2.45, 2.75) is 51.9 Å². The van der Waals surface area contributed by atoms with Gasteiger partial charge < -0.3 is 25.8 Å². The minimum absolute atomic E-state index is 0.115. The highest BCUT2D eigenvalue weighted by atomic mass is 16.5. The van der Waals surface area contributed by atoms with Gasteiger partial charge in [-0.1, -0.05) is 37.6 Å². The molecule has 1 aromatic carbocycles. The fraction of sp³-hybridized carbons (Fsp3) is 0.500. The van der Waals surface area contributed by atoms with Crippen molar-refractivity contribution in [3.63, 3.8) is 0 Å². The number of fused-ring (bicyclic) bond motifs is 1. The largest absolute Gasteiger partial charge is 0.463 e. The van der Waals surface area contributed by atoms with Crippen molar-refractivity contribution in [3.05, 3.63) is 35.4 Å². The van der Waals surface area contributed by atoms with Crippen molar-refractivity contribution >= 4 is 23.2 Å². The molecule has 4 rings (SSSR count). The maximum Gasteiger partial charge on any atom is 0.320 e. The number of hydrogen-bond acceptors (Lipinski definition) is 8. The second-order valence-corrected chi connectivity index (χ2v) is 8.09. The van der Waals surface area contributed by atoms with Gasteiger partial charge in [-0.05, 0) is 43.5 Å². The molecule has 1 saturated heterocycles. The predicted molar refractivity (Wildman–Crippen MR) is 119 cm³/mol. The summed E-state index contributed by atoms with van der Waals surface area (Å²) in [5, 5.41) is 13.2. The van der Waals surface area contributed by atoms with E-state index in [1.807, 2.05) is 12.1 Å². The Bertz CT molecular complexity index is 931. The number of nitrogen functional groups attached to an aromatic ring is 1. The highest BCUT2D eigenvalue weighted by Gasteiger charge is 2.35. The molecule has 1 amide bonds. The molecule has 3 heterocycles. The van der Waals surface area contributed by atoms with E-state index >= 15 is 0 Å². The molecule has 1 unspecified atom stereocenters. The summed E-state index contributed by atoms with van der Waals surface area (Å²) in [4.78, 5) is 24.9. The average Bonchev–Trinajstić information content (AvgIpc) is 3.26. The molecule has 0 saturated carbocycles. The zero-order chi connectivity index (χ0) is 21.8. The molecule has 0 radical (unpaired) electrons. The summed E-state index contributed by atoms with van der Waals surface area (Å²) in [7, 11) is 0. The Morgan fingerprint density at radius 1 is 1.23 bits per heavy atom. The second kappa shape index (κ2) is 9.49. The summed E-state index contributed by atoms with van der Waals surface area (Å²) in [6.07, 6.45) is 2.96. The zero-order valence-corrected chi connectivity index (χ0v) is 17.9. The molecular formula is C22H30N6O3. The Hall–Kier alpha value is -2.91. The number of benzene rings is 1. The van der Waals surface area contributed by atoms with Gasteiger partial charge in [0.1, 0.15) is 5.69 Å². The van der Waals surface area contributed by atoms with Gasteiger partial charge >= 0.3 is 6.01 Å². The Morgan fingerprint density at radius 3 is 2.71 bits per heavy atom. The molecule has 2 aliphatic heterocycles. The van der Waals surface area contributed by atoms with Gasteiger partial charge in [-0.15, -0.1) is 0 Å². The number of anilines is 3. The number of aliphatic hydroxyl groups is 1. The van der Waals surface area contributed by atoms with E-state index in [0.717, 1.165) is 38.0 Å². The first-order chi connectivity index (χ1) is 15.0. The number of nitrogens with zero attached hydrogens (tertiary/aromatic N) is 4. The Labute approximate surface area is 182 Å². The van der Waals surface area contributed by atoms with Crippen LogP contribution in [-0.2, 0) is 17.9 Å². The first-order valence-corrected chi connectivity index (χ1v) is 10.9. The van der Waals surface area contributed by atoms with Gasteiger partial charge in [-0.3, -0.25) is 9.69 Å². The molecule has 166 valence electrons. The molecule has 0 bridgehead atoms. The maximum absolute atomic E-state index is 12.4. The fourth-order valence-corrected chi connectivity index (χ4v) is 3.97. The van der Waals surface area contributed by atoms with Crippen LogP contribution in [0, 0.1) is 0 Å². The fourth-order valence-electron chi connectivity index (χ4n) is 3.97. The lowest BCUT2D eigenvalue weighted by Gasteiger charge is -2.34. The van der Waals surface area contributed by atoms with Crippen LogP contribution >= 0.6 is 0 Å². The van der Waals surface area contributed by atoms with Crippen LogP contribution in [0.1, 0.15) is 43.7 Å². The Kier molecular flexibility index (Phi) is 6.53. The van der Waals surface area contributed by atoms with E-state index in [1.54, 1.807) is 0 Å². The van der Waals surface area contributed by atoms with E-state index in [0.29, 0.717) is 24.7 Å². The van der Waals surface area contributed by atoms with Gasteiger partial charge in [0.25, 0.3) is 5.91 Å². The third-order valence-corrected chi connectivity index (χ3v) is 5.63. The molecule has 0 spiro atoms. The monoisotopic (exact) mass is 426 g/mol. The van der Waals surface area contributed by atoms with Crippen molar-refractivity contribution in [2.24, 2.45) is 0 Å². The molecule has 1 fully saturated rings. The van der Waals surface area contributed by atoms with Crippen molar-refractivity contribution in [3.8, 4) is 6.01 Å². The summed E-state index contributed by atoms with van der Waals surface area (Å²) in [6, 6.07) is 8.34. The number of nitrogens with two attached hydrogens (primary N) is 1. The molecule has 9 heteroatoms. The van der Waals surface area contributed by atoms with Crippen LogP contribution in [0.3, 0.4) is 0 Å². The standard InChI is InChI=1S/C22H30N6O3/c1-2-3-11-31-22-25-18(23)17-19(26-22)28(21(30)20(29)24-17)14-16-8-6-7-15(12-16)13-27-9-4-5-10-27/h6-8,12,21,30H,2-5,9-11,13-14H2,1H3,(H,24,29)(H2,23,25,26). The van der Waals surface area contributed by atoms with Gasteiger partial charge in [0.05, 0.1) is 6.61 Å². The van der Waals surface area contributed by atoms with Crippen molar-refractivity contribution in [2.75, 3.05) is 35.6 Å². The number of carbonyl (C=O) groups excluding carboxylic acids is 1. The van der Waals surface area contributed by atoms with Crippen LogP contribution in [0.15, 0.2) is 24.3 Å². The molecule has 2 aromatic rings. The van der Waals surface area contributed by atoms with Crippen LogP contribution < -0.4 is 20.7 Å². The number of amides is 1. The number of aliphatic hydroxyl groups excluding tert-OH is 1. The van der Waals surface area contributed by atoms with Crippen molar-refractivity contribution in [1.29, 1.82) is 0 Å². The molecule has 0 aliphatic carbocycles. The number of nitrogens with one attached hydrogen (secondary N) is 1. The first-order valence-electron chi connectivity index (χ1n) is 10.9. The number of rotatable bonds is 8. The minimum Gasteiger partial charge on any atom is -0.463 e. The van der Waals surface area contributed by atoms with E-state index in [2.05, 4.69) is 39.2 Å². The molecule has 4 N–H and O–H groups in total. The third kappa shape index (κ3) is 4.88. The first kappa shape index (κ1) is 21.3. The van der Waals surface area contributed by atoms with Crippen LogP contribution in [0.25, 0.3) is 0 Å². The molecule has 1 atom stereocenters. The summed E-state index contributed by atoms with van der Waals surface area (Å²) in [5.74, 6) is -0.0868. The number of ether oxygens (including phenoxy) is 1. The van der Waals surface area contributed by atoms with Crippen molar-refractivity contribution in [1.82, 2.24) is 14.9 Å². The number of unbranched alkanes of at least 4 members (excludes halogenated alkanes) is 1. The molecular weight excluding hydrogens is 396 g/mol. The highest BCUT2D eigenvalue weighted by Crippen LogP contribution is 2.36. The number of carbonyl (C=O) groups is 1. The molecule has 1 aromatic heterocycles. The van der Waals surface area contributed by atoms with Gasteiger partial charge in [-0.2, -0.15) is 9.97 Å². The number of hydrogen-bond donors (Lipinski definition) is 3. The average molecular weight is 427 g/mol. The van der Waals surface area contributed by atoms with E-state index in [1.165, 1.54) is 23.3 Å². The molecule has 9 nitrogen and oxygen atoms in total. The topological polar surface area (TPSA) is 117 Å². The van der Waals surface area contributed by atoms with Crippen LogP contribution in [-0.4, -0.2) is 51.8 Å². The summed E-state index contributed by atoms with van der Waals surface area (Å²) in [5.41, 5.74) is 8.55. The lowest BCUT2D eigenvalue weighted by molar-refractivity contribution is -0.124. The predicted octanol–water partition coefficient (Wildman–Crippen LogP) is 2.11. The van der Waals surface area contributed by atoms with Gasteiger partial charge in [-0.25, -0.2) is 0 Å². The summed E-state index contributed by atoms with van der Waals surface area (Å²) >= 11 is 0. The maximum atomic E-state index is 12.4. The molecule has 31 heavy (non-hydrogen) atoms. The van der Waals surface area contributed by atoms with Crippen LogP contribution in [0.5, 0.6) is 6.01 Å².